The van der Waals surface area contributed by atoms with E-state index in [2.05, 4.69) is 29.6 Å². The molecule has 1 aliphatic carbocycles. The largest absolute Gasteiger partial charge is 0.467 e. The lowest BCUT2D eigenvalue weighted by Gasteiger charge is -2.24. The summed E-state index contributed by atoms with van der Waals surface area (Å²) in [7, 11) is 1.29. The Bertz CT molecular complexity index is 1100. The molecule has 9 heteroatoms. The molecule has 1 aliphatic heterocycles. The molecule has 2 aliphatic rings. The monoisotopic (exact) mass is 526 g/mol. The van der Waals surface area contributed by atoms with Crippen molar-refractivity contribution in [3.63, 3.8) is 0 Å². The van der Waals surface area contributed by atoms with E-state index in [9.17, 15) is 14.4 Å². The van der Waals surface area contributed by atoms with Gasteiger partial charge in [-0.15, -0.1) is 11.8 Å². The lowest BCUT2D eigenvalue weighted by Crippen LogP contribution is -2.42. The van der Waals surface area contributed by atoms with Gasteiger partial charge in [-0.3, -0.25) is 4.90 Å². The maximum absolute atomic E-state index is 12.7. The van der Waals surface area contributed by atoms with Crippen LogP contribution in [0.3, 0.4) is 0 Å². The fourth-order valence-corrected chi connectivity index (χ4v) is 5.89. The van der Waals surface area contributed by atoms with Crippen LogP contribution < -0.4 is 5.32 Å². The molecule has 2 aromatic rings. The summed E-state index contributed by atoms with van der Waals surface area (Å²) < 4.78 is 16.0. The highest BCUT2D eigenvalue weighted by atomic mass is 32.2. The molecule has 1 heterocycles. The van der Waals surface area contributed by atoms with Gasteiger partial charge in [0, 0.05) is 17.7 Å². The first-order valence-electron chi connectivity index (χ1n) is 12.4. The molecule has 37 heavy (non-hydrogen) atoms. The molecule has 2 aromatic carbocycles. The second-order valence-electron chi connectivity index (χ2n) is 10.2. The van der Waals surface area contributed by atoms with Crippen molar-refractivity contribution in [2.24, 2.45) is 0 Å². The van der Waals surface area contributed by atoms with Gasteiger partial charge >= 0.3 is 18.2 Å². The minimum absolute atomic E-state index is 0.0662. The molecule has 0 aromatic heterocycles. The average Bonchev–Trinajstić information content (AvgIpc) is 3.47. The third kappa shape index (κ3) is 6.57. The molecular weight excluding hydrogens is 492 g/mol. The van der Waals surface area contributed by atoms with Crippen LogP contribution in [0.4, 0.5) is 9.59 Å². The summed E-state index contributed by atoms with van der Waals surface area (Å²) in [4.78, 5) is 39.1. The zero-order valence-electron chi connectivity index (χ0n) is 21.7. The van der Waals surface area contributed by atoms with Crippen molar-refractivity contribution >= 4 is 29.9 Å². The molecule has 1 fully saturated rings. The zero-order chi connectivity index (χ0) is 26.6. The average molecular weight is 527 g/mol. The summed E-state index contributed by atoms with van der Waals surface area (Å²) in [5.74, 6) is -0.0635. The normalized spacial score (nSPS) is 17.5. The van der Waals surface area contributed by atoms with Gasteiger partial charge in [-0.25, -0.2) is 14.4 Å². The molecule has 2 atom stereocenters. The van der Waals surface area contributed by atoms with Gasteiger partial charge in [0.05, 0.1) is 13.0 Å². The number of methoxy groups -OCH3 is 1. The first-order chi connectivity index (χ1) is 17.7. The Morgan fingerprint density at radius 1 is 1.05 bits per heavy atom. The highest BCUT2D eigenvalue weighted by Gasteiger charge is 2.33. The van der Waals surface area contributed by atoms with Gasteiger partial charge in [0.25, 0.3) is 0 Å². The fourth-order valence-electron chi connectivity index (χ4n) is 4.70. The van der Waals surface area contributed by atoms with E-state index in [0.29, 0.717) is 25.3 Å². The van der Waals surface area contributed by atoms with E-state index in [1.54, 1.807) is 16.7 Å². The third-order valence-corrected chi connectivity index (χ3v) is 7.76. The third-order valence-electron chi connectivity index (χ3n) is 6.44. The van der Waals surface area contributed by atoms with E-state index in [1.807, 2.05) is 45.0 Å². The molecule has 198 valence electrons. The van der Waals surface area contributed by atoms with Gasteiger partial charge in [0.1, 0.15) is 18.2 Å². The first kappa shape index (κ1) is 26.9. The van der Waals surface area contributed by atoms with Crippen LogP contribution >= 0.6 is 11.8 Å². The quantitative estimate of drug-likeness (QED) is 0.394. The summed E-state index contributed by atoms with van der Waals surface area (Å²) in [6.07, 6.45) is -0.0140. The Balaban J connectivity index is 1.30. The minimum atomic E-state index is -0.836. The van der Waals surface area contributed by atoms with Crippen LogP contribution in [0.15, 0.2) is 48.5 Å². The Hall–Kier alpha value is -3.20. The Morgan fingerprint density at radius 2 is 1.68 bits per heavy atom. The number of nitrogens with one attached hydrogen (secondary N) is 1. The molecule has 2 amide bonds. The lowest BCUT2D eigenvalue weighted by atomic mass is 9.98. The van der Waals surface area contributed by atoms with Crippen molar-refractivity contribution in [3.8, 4) is 11.1 Å². The molecule has 1 unspecified atom stereocenters. The maximum Gasteiger partial charge on any atom is 0.411 e. The molecular formula is C28H34N2O6S. The van der Waals surface area contributed by atoms with Crippen LogP contribution in [0.5, 0.6) is 0 Å². The second kappa shape index (κ2) is 11.5. The number of ether oxygens (including phenoxy) is 3. The van der Waals surface area contributed by atoms with Crippen LogP contribution in [-0.4, -0.2) is 66.1 Å². The van der Waals surface area contributed by atoms with E-state index < -0.39 is 23.7 Å². The number of fused-ring (bicyclic) bond motifs is 3. The molecule has 4 rings (SSSR count). The number of alkyl carbamates (subject to hydrolysis) is 1. The van der Waals surface area contributed by atoms with E-state index in [0.717, 1.165) is 22.3 Å². The standard InChI is InChI=1S/C28H34N2O6S/c1-28(2,3)36-27(33)30-15-18(37-17-30)13-14-24(25(31)34-4)29-26(32)35-16-23-21-11-7-5-9-19(21)20-10-6-8-12-22(20)23/h5-12,18,23-24H,13-17H2,1-4H3,(H,29,32)/t18?,24-/m0/s1. The summed E-state index contributed by atoms with van der Waals surface area (Å²) >= 11 is 1.63. The number of nitrogens with zero attached hydrogens (tertiary/aromatic N) is 1. The van der Waals surface area contributed by atoms with Gasteiger partial charge in [-0.2, -0.15) is 0 Å². The number of esters is 1. The number of carbonyl (C=O) groups is 3. The van der Waals surface area contributed by atoms with Gasteiger partial charge in [0.2, 0.25) is 0 Å². The Morgan fingerprint density at radius 3 is 2.27 bits per heavy atom. The summed E-state index contributed by atoms with van der Waals surface area (Å²) in [5, 5.41) is 2.81. The van der Waals surface area contributed by atoms with E-state index in [1.165, 1.54) is 7.11 Å². The second-order valence-corrected chi connectivity index (χ2v) is 11.5. The number of thioether (sulfide) groups is 1. The maximum atomic E-state index is 12.7. The molecule has 0 radical (unpaired) electrons. The predicted molar refractivity (Wildman–Crippen MR) is 142 cm³/mol. The molecule has 0 saturated carbocycles. The van der Waals surface area contributed by atoms with Gasteiger partial charge in [-0.1, -0.05) is 48.5 Å². The highest BCUT2D eigenvalue weighted by Crippen LogP contribution is 2.44. The van der Waals surface area contributed by atoms with Crippen molar-refractivity contribution in [2.45, 2.75) is 56.4 Å². The van der Waals surface area contributed by atoms with Crippen LogP contribution in [0.2, 0.25) is 0 Å². The minimum Gasteiger partial charge on any atom is -0.467 e. The Labute approximate surface area is 222 Å². The summed E-state index contributed by atoms with van der Waals surface area (Å²) in [6, 6.07) is 15.4. The summed E-state index contributed by atoms with van der Waals surface area (Å²) in [6.45, 7) is 6.19. The van der Waals surface area contributed by atoms with E-state index in [4.69, 9.17) is 14.2 Å². The molecule has 0 spiro atoms. The molecule has 1 N–H and O–H groups in total. The number of carbonyl (C=O) groups excluding carboxylic acids is 3. The van der Waals surface area contributed by atoms with E-state index >= 15 is 0 Å². The number of amides is 2. The smallest absolute Gasteiger partial charge is 0.411 e. The van der Waals surface area contributed by atoms with Crippen LogP contribution in [0, 0.1) is 0 Å². The fraction of sp³-hybridized carbons (Fsp3) is 0.464. The number of hydrogen-bond donors (Lipinski definition) is 1. The van der Waals surface area contributed by atoms with Crippen LogP contribution in [0.1, 0.15) is 50.7 Å². The van der Waals surface area contributed by atoms with Crippen molar-refractivity contribution in [1.82, 2.24) is 10.2 Å². The lowest BCUT2D eigenvalue weighted by molar-refractivity contribution is -0.143. The Kier molecular flexibility index (Phi) is 8.32. The van der Waals surface area contributed by atoms with Crippen molar-refractivity contribution in [1.29, 1.82) is 0 Å². The number of benzene rings is 2. The highest BCUT2D eigenvalue weighted by molar-refractivity contribution is 8.00. The summed E-state index contributed by atoms with van der Waals surface area (Å²) in [5.41, 5.74) is 3.98. The molecule has 8 nitrogen and oxygen atoms in total. The number of hydrogen-bond acceptors (Lipinski definition) is 7. The van der Waals surface area contributed by atoms with Crippen LogP contribution in [0.25, 0.3) is 11.1 Å². The molecule has 0 bridgehead atoms. The number of rotatable bonds is 7. The topological polar surface area (TPSA) is 94.2 Å². The van der Waals surface area contributed by atoms with Gasteiger partial charge in [0.15, 0.2) is 0 Å². The SMILES string of the molecule is COC(=O)[C@H](CCC1CN(C(=O)OC(C)(C)C)CS1)NC(=O)OCC1c2ccccc2-c2ccccc21. The van der Waals surface area contributed by atoms with Crippen LogP contribution in [-0.2, 0) is 19.0 Å². The van der Waals surface area contributed by atoms with Crippen molar-refractivity contribution < 1.29 is 28.6 Å². The zero-order valence-corrected chi connectivity index (χ0v) is 22.5. The van der Waals surface area contributed by atoms with Gasteiger partial charge in [-0.05, 0) is 55.9 Å². The van der Waals surface area contributed by atoms with Crippen molar-refractivity contribution in [2.75, 3.05) is 26.1 Å². The van der Waals surface area contributed by atoms with E-state index in [-0.39, 0.29) is 23.9 Å². The van der Waals surface area contributed by atoms with Crippen molar-refractivity contribution in [3.05, 3.63) is 59.7 Å². The molecule has 1 saturated heterocycles. The first-order valence-corrected chi connectivity index (χ1v) is 13.5. The van der Waals surface area contributed by atoms with Gasteiger partial charge < -0.3 is 19.5 Å². The predicted octanol–water partition coefficient (Wildman–Crippen LogP) is 5.16.